The molecular weight excluding hydrogens is 180 g/mol. The van der Waals surface area contributed by atoms with Crippen molar-refractivity contribution in [1.29, 1.82) is 0 Å². The van der Waals surface area contributed by atoms with Gasteiger partial charge in [-0.25, -0.2) is 0 Å². The maximum atomic E-state index is 3.96. The van der Waals surface area contributed by atoms with Crippen molar-refractivity contribution >= 4 is 0 Å². The van der Waals surface area contributed by atoms with Crippen LogP contribution in [0.5, 0.6) is 0 Å². The van der Waals surface area contributed by atoms with Gasteiger partial charge in [0, 0.05) is 0 Å². The molecule has 0 N–H and O–H groups in total. The lowest BCUT2D eigenvalue weighted by atomic mass is 9.76. The SMILES string of the molecule is C=CC1CC=C(C)CC1c1ccccc1. The summed E-state index contributed by atoms with van der Waals surface area (Å²) in [6.45, 7) is 6.19. The van der Waals surface area contributed by atoms with Gasteiger partial charge < -0.3 is 0 Å². The molecule has 78 valence electrons. The molecule has 0 spiro atoms. The van der Waals surface area contributed by atoms with E-state index in [9.17, 15) is 0 Å². The van der Waals surface area contributed by atoms with Gasteiger partial charge in [-0.05, 0) is 37.2 Å². The monoisotopic (exact) mass is 198 g/mol. The van der Waals surface area contributed by atoms with E-state index in [0.29, 0.717) is 11.8 Å². The minimum atomic E-state index is 0.608. The number of hydrogen-bond acceptors (Lipinski definition) is 0. The fourth-order valence-electron chi connectivity index (χ4n) is 2.41. The van der Waals surface area contributed by atoms with Gasteiger partial charge in [0.25, 0.3) is 0 Å². The molecule has 0 radical (unpaired) electrons. The Labute approximate surface area is 92.3 Å². The summed E-state index contributed by atoms with van der Waals surface area (Å²) in [5.41, 5.74) is 2.97. The highest BCUT2D eigenvalue weighted by Gasteiger charge is 2.23. The smallest absolute Gasteiger partial charge is 0.00590 e. The van der Waals surface area contributed by atoms with Crippen molar-refractivity contribution in [3.05, 3.63) is 60.2 Å². The second-order valence-electron chi connectivity index (χ2n) is 4.41. The van der Waals surface area contributed by atoms with Crippen molar-refractivity contribution < 1.29 is 0 Å². The van der Waals surface area contributed by atoms with Crippen molar-refractivity contribution in [3.8, 4) is 0 Å². The molecule has 0 amide bonds. The Morgan fingerprint density at radius 1 is 1.27 bits per heavy atom. The fourth-order valence-corrected chi connectivity index (χ4v) is 2.41. The molecule has 2 unspecified atom stereocenters. The van der Waals surface area contributed by atoms with Crippen LogP contribution in [0, 0.1) is 5.92 Å². The maximum absolute atomic E-state index is 3.96. The van der Waals surface area contributed by atoms with Crippen LogP contribution in [0.3, 0.4) is 0 Å². The van der Waals surface area contributed by atoms with Gasteiger partial charge in [0.1, 0.15) is 0 Å². The van der Waals surface area contributed by atoms with Gasteiger partial charge in [-0.1, -0.05) is 48.1 Å². The van der Waals surface area contributed by atoms with E-state index >= 15 is 0 Å². The summed E-state index contributed by atoms with van der Waals surface area (Å²) >= 11 is 0. The van der Waals surface area contributed by atoms with E-state index in [4.69, 9.17) is 0 Å². The van der Waals surface area contributed by atoms with Crippen LogP contribution in [-0.4, -0.2) is 0 Å². The van der Waals surface area contributed by atoms with E-state index in [-0.39, 0.29) is 0 Å². The lowest BCUT2D eigenvalue weighted by Crippen LogP contribution is -2.14. The largest absolute Gasteiger partial charge is 0.103 e. The summed E-state index contributed by atoms with van der Waals surface area (Å²) in [6.07, 6.45) is 6.79. The Morgan fingerprint density at radius 2 is 2.00 bits per heavy atom. The van der Waals surface area contributed by atoms with Crippen molar-refractivity contribution in [2.24, 2.45) is 5.92 Å². The Kier molecular flexibility index (Phi) is 3.05. The lowest BCUT2D eigenvalue weighted by Gasteiger charge is -2.28. The minimum Gasteiger partial charge on any atom is -0.103 e. The Balaban J connectivity index is 2.27. The molecule has 0 fully saturated rings. The number of rotatable bonds is 2. The highest BCUT2D eigenvalue weighted by molar-refractivity contribution is 5.26. The first-order valence-corrected chi connectivity index (χ1v) is 5.64. The molecule has 1 aromatic carbocycles. The van der Waals surface area contributed by atoms with Gasteiger partial charge in [0.2, 0.25) is 0 Å². The molecule has 0 nitrogen and oxygen atoms in total. The van der Waals surface area contributed by atoms with Crippen LogP contribution in [0.2, 0.25) is 0 Å². The summed E-state index contributed by atoms with van der Waals surface area (Å²) in [5.74, 6) is 1.24. The highest BCUT2D eigenvalue weighted by atomic mass is 14.3. The Morgan fingerprint density at radius 3 is 2.67 bits per heavy atom. The average Bonchev–Trinajstić information content (AvgIpc) is 2.30. The molecule has 15 heavy (non-hydrogen) atoms. The summed E-state index contributed by atoms with van der Waals surface area (Å²) in [7, 11) is 0. The van der Waals surface area contributed by atoms with Crippen LogP contribution in [0.15, 0.2) is 54.6 Å². The second kappa shape index (κ2) is 4.48. The van der Waals surface area contributed by atoms with Gasteiger partial charge in [-0.3, -0.25) is 0 Å². The van der Waals surface area contributed by atoms with Crippen LogP contribution < -0.4 is 0 Å². The molecule has 1 aromatic rings. The number of benzene rings is 1. The van der Waals surface area contributed by atoms with Crippen molar-refractivity contribution in [3.63, 3.8) is 0 Å². The lowest BCUT2D eigenvalue weighted by molar-refractivity contribution is 0.483. The van der Waals surface area contributed by atoms with Crippen LogP contribution in [0.1, 0.15) is 31.2 Å². The number of hydrogen-bond donors (Lipinski definition) is 0. The molecule has 0 saturated carbocycles. The zero-order chi connectivity index (χ0) is 10.7. The second-order valence-corrected chi connectivity index (χ2v) is 4.41. The third kappa shape index (κ3) is 2.20. The fraction of sp³-hybridized carbons (Fsp3) is 0.333. The summed E-state index contributed by atoms with van der Waals surface area (Å²) in [6, 6.07) is 10.8. The van der Waals surface area contributed by atoms with Crippen LogP contribution in [0.4, 0.5) is 0 Å². The van der Waals surface area contributed by atoms with Crippen molar-refractivity contribution in [2.45, 2.75) is 25.7 Å². The molecule has 0 heteroatoms. The summed E-state index contributed by atoms with van der Waals surface area (Å²) in [4.78, 5) is 0. The van der Waals surface area contributed by atoms with Gasteiger partial charge in [0.05, 0.1) is 0 Å². The first-order valence-electron chi connectivity index (χ1n) is 5.64. The van der Waals surface area contributed by atoms with E-state index in [2.05, 4.69) is 56.0 Å². The van der Waals surface area contributed by atoms with E-state index in [1.807, 2.05) is 0 Å². The molecule has 0 heterocycles. The predicted molar refractivity (Wildman–Crippen MR) is 65.9 cm³/mol. The maximum Gasteiger partial charge on any atom is -0.00590 e. The van der Waals surface area contributed by atoms with Crippen LogP contribution in [0.25, 0.3) is 0 Å². The Bertz CT molecular complexity index is 359. The summed E-state index contributed by atoms with van der Waals surface area (Å²) in [5, 5.41) is 0. The molecule has 0 saturated heterocycles. The summed E-state index contributed by atoms with van der Waals surface area (Å²) < 4.78 is 0. The average molecular weight is 198 g/mol. The van der Waals surface area contributed by atoms with Gasteiger partial charge in [-0.15, -0.1) is 6.58 Å². The van der Waals surface area contributed by atoms with Gasteiger partial charge in [-0.2, -0.15) is 0 Å². The zero-order valence-corrected chi connectivity index (χ0v) is 9.32. The zero-order valence-electron chi connectivity index (χ0n) is 9.32. The van der Waals surface area contributed by atoms with Crippen molar-refractivity contribution in [2.75, 3.05) is 0 Å². The molecule has 1 aliphatic carbocycles. The molecule has 2 atom stereocenters. The van der Waals surface area contributed by atoms with Gasteiger partial charge in [0.15, 0.2) is 0 Å². The van der Waals surface area contributed by atoms with Crippen LogP contribution >= 0.6 is 0 Å². The van der Waals surface area contributed by atoms with E-state index < -0.39 is 0 Å². The molecule has 2 rings (SSSR count). The third-order valence-electron chi connectivity index (χ3n) is 3.33. The van der Waals surface area contributed by atoms with Crippen molar-refractivity contribution in [1.82, 2.24) is 0 Å². The quantitative estimate of drug-likeness (QED) is 0.621. The third-order valence-corrected chi connectivity index (χ3v) is 3.33. The molecule has 0 aromatic heterocycles. The minimum absolute atomic E-state index is 0.608. The molecular formula is C15H18. The standard InChI is InChI=1S/C15H18/c1-3-13-10-9-12(2)11-15(13)14-7-5-4-6-8-14/h3-9,13,15H,1,10-11H2,2H3. The Hall–Kier alpha value is -1.30. The normalized spacial score (nSPS) is 25.8. The number of allylic oxidation sites excluding steroid dienone is 3. The topological polar surface area (TPSA) is 0 Å². The first kappa shape index (κ1) is 10.2. The van der Waals surface area contributed by atoms with E-state index in [1.54, 1.807) is 0 Å². The van der Waals surface area contributed by atoms with E-state index in [0.717, 1.165) is 6.42 Å². The predicted octanol–water partition coefficient (Wildman–Crippen LogP) is 4.31. The highest BCUT2D eigenvalue weighted by Crippen LogP contribution is 2.37. The first-order chi connectivity index (χ1) is 7.31. The van der Waals surface area contributed by atoms with E-state index in [1.165, 1.54) is 17.6 Å². The van der Waals surface area contributed by atoms with Gasteiger partial charge >= 0.3 is 0 Å². The molecule has 0 bridgehead atoms. The van der Waals surface area contributed by atoms with Crippen LogP contribution in [-0.2, 0) is 0 Å². The molecule has 1 aliphatic rings. The molecule has 0 aliphatic heterocycles.